The van der Waals surface area contributed by atoms with Gasteiger partial charge in [0.25, 0.3) is 0 Å². The van der Waals surface area contributed by atoms with Crippen LogP contribution in [0, 0.1) is 0 Å². The Morgan fingerprint density at radius 3 is 0.912 bits per heavy atom. The lowest BCUT2D eigenvalue weighted by Gasteiger charge is -2.27. The second-order valence-corrected chi connectivity index (χ2v) is 17.5. The van der Waals surface area contributed by atoms with Crippen molar-refractivity contribution < 1.29 is 0 Å². The second-order valence-electron chi connectivity index (χ2n) is 17.5. The van der Waals surface area contributed by atoms with Crippen LogP contribution in [0.2, 0.25) is 0 Å². The SMILES string of the molecule is CC1(C)c2cc3ccccc3cc2-c2cc3ccc(N(c4ccc5ccccc5c4)c4ccc5cc6c(cc5c4)C(C)(C)c4cc5ccccc5cc4-6)cc3cc21. The lowest BCUT2D eigenvalue weighted by atomic mass is 9.81. The standard InChI is InChI=1S/C56H41N/c1-55(2)51-30-38-15-9-7-13-36(38)26-47(51)49-28-40-18-21-45(24-42(40)32-53(49)55)57(44-20-17-34-11-5-6-12-35(34)23-44)46-22-19-41-29-50-48-27-37-14-8-10-16-39(37)31-52(48)56(3,4)54(50)33-43(41)25-46/h5-33H,1-4H3. The number of rotatable bonds is 3. The topological polar surface area (TPSA) is 3.24 Å². The average molecular weight is 728 g/mol. The van der Waals surface area contributed by atoms with Gasteiger partial charge in [0.15, 0.2) is 0 Å². The summed E-state index contributed by atoms with van der Waals surface area (Å²) < 4.78 is 0. The highest BCUT2D eigenvalue weighted by molar-refractivity contribution is 6.02. The van der Waals surface area contributed by atoms with Crippen LogP contribution in [0.15, 0.2) is 176 Å². The molecular formula is C56H41N. The number of hydrogen-bond donors (Lipinski definition) is 0. The summed E-state index contributed by atoms with van der Waals surface area (Å²) in [5, 5.41) is 12.7. The van der Waals surface area contributed by atoms with Crippen molar-refractivity contribution in [2.45, 2.75) is 38.5 Å². The molecule has 0 heterocycles. The first kappa shape index (κ1) is 32.5. The molecule has 0 N–H and O–H groups in total. The molecule has 0 saturated heterocycles. The van der Waals surface area contributed by atoms with Crippen molar-refractivity contribution in [1.29, 1.82) is 0 Å². The van der Waals surface area contributed by atoms with E-state index in [1.807, 2.05) is 0 Å². The molecule has 2 aliphatic carbocycles. The van der Waals surface area contributed by atoms with Crippen molar-refractivity contribution in [1.82, 2.24) is 0 Å². The predicted octanol–water partition coefficient (Wildman–Crippen LogP) is 15.5. The lowest BCUT2D eigenvalue weighted by molar-refractivity contribution is 0.662. The van der Waals surface area contributed by atoms with Gasteiger partial charge < -0.3 is 4.90 Å². The van der Waals surface area contributed by atoms with Crippen LogP contribution in [0.25, 0.3) is 76.1 Å². The Morgan fingerprint density at radius 2 is 0.526 bits per heavy atom. The normalized spacial score (nSPS) is 14.6. The monoisotopic (exact) mass is 727 g/mol. The number of hydrogen-bond acceptors (Lipinski definition) is 1. The Bertz CT molecular complexity index is 3180. The molecule has 270 valence electrons. The Hall–Kier alpha value is -6.70. The molecule has 1 nitrogen and oxygen atoms in total. The molecule has 0 aromatic heterocycles. The Balaban J connectivity index is 1.03. The van der Waals surface area contributed by atoms with E-state index in [9.17, 15) is 0 Å². The Kier molecular flexibility index (Phi) is 6.53. The third kappa shape index (κ3) is 4.69. The zero-order chi connectivity index (χ0) is 38.2. The van der Waals surface area contributed by atoms with Gasteiger partial charge in [0.05, 0.1) is 0 Å². The Labute approximate surface area is 333 Å². The minimum atomic E-state index is -0.101. The second kappa shape index (κ2) is 11.4. The molecular weight excluding hydrogens is 687 g/mol. The van der Waals surface area contributed by atoms with Gasteiger partial charge >= 0.3 is 0 Å². The first-order valence-corrected chi connectivity index (χ1v) is 20.2. The van der Waals surface area contributed by atoms with E-state index < -0.39 is 0 Å². The van der Waals surface area contributed by atoms with Crippen molar-refractivity contribution in [3.05, 3.63) is 198 Å². The van der Waals surface area contributed by atoms with Gasteiger partial charge in [-0.25, -0.2) is 0 Å². The van der Waals surface area contributed by atoms with E-state index in [0.717, 1.165) is 17.1 Å². The molecule has 12 rings (SSSR count). The molecule has 0 radical (unpaired) electrons. The maximum atomic E-state index is 2.46. The fraction of sp³-hybridized carbons (Fsp3) is 0.107. The largest absolute Gasteiger partial charge is 0.310 e. The van der Waals surface area contributed by atoms with Crippen molar-refractivity contribution in [2.24, 2.45) is 0 Å². The molecule has 10 aromatic carbocycles. The molecule has 57 heavy (non-hydrogen) atoms. The summed E-state index contributed by atoms with van der Waals surface area (Å²) >= 11 is 0. The summed E-state index contributed by atoms with van der Waals surface area (Å²) in [4.78, 5) is 2.45. The average Bonchev–Trinajstić information content (AvgIpc) is 3.57. The molecule has 0 spiro atoms. The van der Waals surface area contributed by atoms with E-state index in [0.29, 0.717) is 0 Å². The zero-order valence-electron chi connectivity index (χ0n) is 32.7. The third-order valence-corrected chi connectivity index (χ3v) is 13.5. The zero-order valence-corrected chi connectivity index (χ0v) is 32.7. The molecule has 0 atom stereocenters. The van der Waals surface area contributed by atoms with Gasteiger partial charge in [-0.3, -0.25) is 0 Å². The molecule has 0 fully saturated rings. The van der Waals surface area contributed by atoms with Gasteiger partial charge in [0.2, 0.25) is 0 Å². The first-order chi connectivity index (χ1) is 27.7. The molecule has 0 bridgehead atoms. The Morgan fingerprint density at radius 1 is 0.263 bits per heavy atom. The number of nitrogens with zero attached hydrogens (tertiary/aromatic N) is 1. The van der Waals surface area contributed by atoms with Gasteiger partial charge in [-0.05, 0) is 183 Å². The van der Waals surface area contributed by atoms with Crippen LogP contribution >= 0.6 is 0 Å². The van der Waals surface area contributed by atoms with E-state index in [2.05, 4.69) is 209 Å². The van der Waals surface area contributed by atoms with E-state index in [-0.39, 0.29) is 10.8 Å². The smallest absolute Gasteiger partial charge is 0.0468 e. The molecule has 1 heteroatoms. The van der Waals surface area contributed by atoms with Crippen LogP contribution < -0.4 is 4.90 Å². The van der Waals surface area contributed by atoms with Crippen molar-refractivity contribution >= 4 is 70.9 Å². The molecule has 0 saturated carbocycles. The van der Waals surface area contributed by atoms with Gasteiger partial charge in [0, 0.05) is 27.9 Å². The predicted molar refractivity (Wildman–Crippen MR) is 244 cm³/mol. The minimum absolute atomic E-state index is 0.101. The minimum Gasteiger partial charge on any atom is -0.310 e. The number of fused-ring (bicyclic) bond motifs is 11. The van der Waals surface area contributed by atoms with Gasteiger partial charge in [-0.2, -0.15) is 0 Å². The summed E-state index contributed by atoms with van der Waals surface area (Å²) in [6, 6.07) is 66.5. The number of benzene rings is 10. The quantitative estimate of drug-likeness (QED) is 0.175. The molecule has 0 aliphatic heterocycles. The number of anilines is 3. The fourth-order valence-corrected chi connectivity index (χ4v) is 10.3. The maximum absolute atomic E-state index is 2.46. The summed E-state index contributed by atoms with van der Waals surface area (Å²) in [5.41, 5.74) is 14.3. The maximum Gasteiger partial charge on any atom is 0.0468 e. The molecule has 10 aromatic rings. The van der Waals surface area contributed by atoms with Gasteiger partial charge in [-0.15, -0.1) is 0 Å². The van der Waals surface area contributed by atoms with E-state index in [1.54, 1.807) is 0 Å². The van der Waals surface area contributed by atoms with Crippen molar-refractivity contribution in [2.75, 3.05) is 4.90 Å². The first-order valence-electron chi connectivity index (χ1n) is 20.2. The van der Waals surface area contributed by atoms with Crippen LogP contribution in [0.1, 0.15) is 49.9 Å². The van der Waals surface area contributed by atoms with Crippen molar-refractivity contribution in [3.8, 4) is 22.3 Å². The van der Waals surface area contributed by atoms with Gasteiger partial charge in [0.1, 0.15) is 0 Å². The van der Waals surface area contributed by atoms with Crippen molar-refractivity contribution in [3.63, 3.8) is 0 Å². The highest BCUT2D eigenvalue weighted by Crippen LogP contribution is 2.53. The van der Waals surface area contributed by atoms with Crippen LogP contribution in [-0.2, 0) is 10.8 Å². The summed E-state index contributed by atoms with van der Waals surface area (Å²) in [5.74, 6) is 0. The molecule has 0 amide bonds. The van der Waals surface area contributed by atoms with Crippen LogP contribution in [-0.4, -0.2) is 0 Å². The highest BCUT2D eigenvalue weighted by atomic mass is 15.1. The summed E-state index contributed by atoms with van der Waals surface area (Å²) in [6.07, 6.45) is 0. The van der Waals surface area contributed by atoms with E-state index in [1.165, 1.54) is 98.4 Å². The highest BCUT2D eigenvalue weighted by Gasteiger charge is 2.37. The molecule has 0 unspecified atom stereocenters. The van der Waals surface area contributed by atoms with Crippen LogP contribution in [0.4, 0.5) is 17.1 Å². The van der Waals surface area contributed by atoms with Crippen LogP contribution in [0.5, 0.6) is 0 Å². The molecule has 2 aliphatic rings. The van der Waals surface area contributed by atoms with Crippen LogP contribution in [0.3, 0.4) is 0 Å². The third-order valence-electron chi connectivity index (χ3n) is 13.5. The van der Waals surface area contributed by atoms with E-state index in [4.69, 9.17) is 0 Å². The fourth-order valence-electron chi connectivity index (χ4n) is 10.3. The summed E-state index contributed by atoms with van der Waals surface area (Å²) in [6.45, 7) is 9.55. The lowest BCUT2D eigenvalue weighted by Crippen LogP contribution is -2.15. The van der Waals surface area contributed by atoms with E-state index >= 15 is 0 Å². The van der Waals surface area contributed by atoms with Gasteiger partial charge in [-0.1, -0.05) is 119 Å². The summed E-state index contributed by atoms with van der Waals surface area (Å²) in [7, 11) is 0.